The quantitative estimate of drug-likeness (QED) is 0.557. The lowest BCUT2D eigenvalue weighted by Gasteiger charge is -2.12. The summed E-state index contributed by atoms with van der Waals surface area (Å²) >= 11 is 0. The average Bonchev–Trinajstić information content (AvgIpc) is 2.43. The van der Waals surface area contributed by atoms with E-state index in [1.807, 2.05) is 24.3 Å². The van der Waals surface area contributed by atoms with Crippen molar-refractivity contribution >= 4 is 0 Å². The second-order valence-electron chi connectivity index (χ2n) is 4.75. The predicted octanol–water partition coefficient (Wildman–Crippen LogP) is 2.78. The Balaban J connectivity index is 2.62. The van der Waals surface area contributed by atoms with E-state index < -0.39 is 0 Å². The van der Waals surface area contributed by atoms with Gasteiger partial charge in [0, 0.05) is 20.2 Å². The third-order valence-corrected chi connectivity index (χ3v) is 2.77. The van der Waals surface area contributed by atoms with Gasteiger partial charge in [0.1, 0.15) is 6.61 Å². The zero-order chi connectivity index (χ0) is 14.8. The van der Waals surface area contributed by atoms with Crippen molar-refractivity contribution in [2.45, 2.75) is 20.4 Å². The lowest BCUT2D eigenvalue weighted by Crippen LogP contribution is -2.18. The van der Waals surface area contributed by atoms with Gasteiger partial charge < -0.3 is 19.5 Å². The number of rotatable bonds is 9. The highest BCUT2D eigenvalue weighted by Gasteiger charge is 2.05. The SMILES string of the molecule is COCCNCc1ccc(OC)c(OCC=C(C)C)c1. The summed E-state index contributed by atoms with van der Waals surface area (Å²) in [5, 5.41) is 3.31. The molecule has 0 aliphatic carbocycles. The van der Waals surface area contributed by atoms with Crippen molar-refractivity contribution in [3.8, 4) is 11.5 Å². The second-order valence-corrected chi connectivity index (χ2v) is 4.75. The zero-order valence-electron chi connectivity index (χ0n) is 12.9. The third-order valence-electron chi connectivity index (χ3n) is 2.77. The third kappa shape index (κ3) is 6.08. The number of methoxy groups -OCH3 is 2. The van der Waals surface area contributed by atoms with E-state index in [4.69, 9.17) is 14.2 Å². The Hall–Kier alpha value is -1.52. The van der Waals surface area contributed by atoms with Crippen LogP contribution in [0.2, 0.25) is 0 Å². The summed E-state index contributed by atoms with van der Waals surface area (Å²) in [6.45, 7) is 6.98. The molecule has 0 saturated carbocycles. The molecule has 1 aromatic rings. The molecule has 1 rings (SSSR count). The van der Waals surface area contributed by atoms with Gasteiger partial charge in [-0.1, -0.05) is 11.6 Å². The van der Waals surface area contributed by atoms with Crippen LogP contribution in [-0.2, 0) is 11.3 Å². The Morgan fingerprint density at radius 2 is 2.00 bits per heavy atom. The molecule has 20 heavy (non-hydrogen) atoms. The van der Waals surface area contributed by atoms with Crippen LogP contribution in [0.4, 0.5) is 0 Å². The van der Waals surface area contributed by atoms with Crippen LogP contribution < -0.4 is 14.8 Å². The molecular formula is C16H25NO3. The van der Waals surface area contributed by atoms with E-state index in [1.165, 1.54) is 5.57 Å². The van der Waals surface area contributed by atoms with Crippen molar-refractivity contribution < 1.29 is 14.2 Å². The molecule has 0 saturated heterocycles. The van der Waals surface area contributed by atoms with Crippen molar-refractivity contribution in [1.82, 2.24) is 5.32 Å². The van der Waals surface area contributed by atoms with Gasteiger partial charge in [-0.2, -0.15) is 0 Å². The summed E-state index contributed by atoms with van der Waals surface area (Å²) in [4.78, 5) is 0. The predicted molar refractivity (Wildman–Crippen MR) is 81.5 cm³/mol. The largest absolute Gasteiger partial charge is 0.493 e. The standard InChI is InChI=1S/C16H25NO3/c1-13(2)7-9-20-16-11-14(5-6-15(16)19-4)12-17-8-10-18-3/h5-7,11,17H,8-10,12H2,1-4H3. The minimum absolute atomic E-state index is 0.555. The van der Waals surface area contributed by atoms with Gasteiger partial charge in [0.2, 0.25) is 0 Å². The van der Waals surface area contributed by atoms with Gasteiger partial charge in [-0.05, 0) is 37.6 Å². The summed E-state index contributed by atoms with van der Waals surface area (Å²) in [6.07, 6.45) is 2.04. The summed E-state index contributed by atoms with van der Waals surface area (Å²) in [5.41, 5.74) is 2.40. The molecule has 0 radical (unpaired) electrons. The number of hydrogen-bond donors (Lipinski definition) is 1. The number of ether oxygens (including phenoxy) is 3. The van der Waals surface area contributed by atoms with Gasteiger partial charge in [-0.3, -0.25) is 0 Å². The molecule has 0 spiro atoms. The van der Waals surface area contributed by atoms with Gasteiger partial charge in [0.15, 0.2) is 11.5 Å². The molecule has 0 amide bonds. The van der Waals surface area contributed by atoms with Crippen LogP contribution in [0.5, 0.6) is 11.5 Å². The fraction of sp³-hybridized carbons (Fsp3) is 0.500. The first-order chi connectivity index (χ1) is 9.67. The minimum atomic E-state index is 0.555. The normalized spacial score (nSPS) is 10.2. The summed E-state index contributed by atoms with van der Waals surface area (Å²) < 4.78 is 16.1. The van der Waals surface area contributed by atoms with Crippen LogP contribution in [-0.4, -0.2) is 34.0 Å². The Kier molecular flexibility index (Phi) is 7.77. The highest BCUT2D eigenvalue weighted by atomic mass is 16.5. The van der Waals surface area contributed by atoms with Gasteiger partial charge in [0.25, 0.3) is 0 Å². The summed E-state index contributed by atoms with van der Waals surface area (Å²) in [5.74, 6) is 1.53. The van der Waals surface area contributed by atoms with Crippen molar-refractivity contribution in [3.63, 3.8) is 0 Å². The second kappa shape index (κ2) is 9.39. The Bertz CT molecular complexity index is 426. The van der Waals surface area contributed by atoms with E-state index in [0.717, 1.165) is 30.2 Å². The van der Waals surface area contributed by atoms with Gasteiger partial charge >= 0.3 is 0 Å². The average molecular weight is 279 g/mol. The number of nitrogens with one attached hydrogen (secondary N) is 1. The van der Waals surface area contributed by atoms with Crippen LogP contribution in [0.1, 0.15) is 19.4 Å². The molecule has 0 aliphatic rings. The van der Waals surface area contributed by atoms with Crippen molar-refractivity contribution in [2.75, 3.05) is 34.0 Å². The first kappa shape index (κ1) is 16.5. The lowest BCUT2D eigenvalue weighted by molar-refractivity contribution is 0.199. The minimum Gasteiger partial charge on any atom is -0.493 e. The number of benzene rings is 1. The van der Waals surface area contributed by atoms with Crippen molar-refractivity contribution in [1.29, 1.82) is 0 Å². The molecule has 0 atom stereocenters. The Morgan fingerprint density at radius 3 is 2.65 bits per heavy atom. The van der Waals surface area contributed by atoms with Crippen LogP contribution in [0, 0.1) is 0 Å². The first-order valence-corrected chi connectivity index (χ1v) is 6.80. The molecule has 0 aromatic heterocycles. The van der Waals surface area contributed by atoms with Crippen LogP contribution in [0.15, 0.2) is 29.8 Å². The molecule has 0 heterocycles. The number of allylic oxidation sites excluding steroid dienone is 1. The molecule has 4 heteroatoms. The molecule has 4 nitrogen and oxygen atoms in total. The smallest absolute Gasteiger partial charge is 0.161 e. The van der Waals surface area contributed by atoms with E-state index in [2.05, 4.69) is 19.2 Å². The molecule has 1 N–H and O–H groups in total. The van der Waals surface area contributed by atoms with Crippen molar-refractivity contribution in [3.05, 3.63) is 35.4 Å². The summed E-state index contributed by atoms with van der Waals surface area (Å²) in [6, 6.07) is 5.98. The van der Waals surface area contributed by atoms with Crippen molar-refractivity contribution in [2.24, 2.45) is 0 Å². The topological polar surface area (TPSA) is 39.7 Å². The monoisotopic (exact) mass is 279 g/mol. The maximum Gasteiger partial charge on any atom is 0.161 e. The fourth-order valence-electron chi connectivity index (χ4n) is 1.65. The highest BCUT2D eigenvalue weighted by Crippen LogP contribution is 2.28. The highest BCUT2D eigenvalue weighted by molar-refractivity contribution is 5.43. The number of hydrogen-bond acceptors (Lipinski definition) is 4. The molecule has 0 unspecified atom stereocenters. The molecule has 0 bridgehead atoms. The van der Waals surface area contributed by atoms with E-state index >= 15 is 0 Å². The molecule has 0 fully saturated rings. The van der Waals surface area contributed by atoms with E-state index in [0.29, 0.717) is 13.2 Å². The van der Waals surface area contributed by atoms with E-state index in [-0.39, 0.29) is 0 Å². The van der Waals surface area contributed by atoms with Gasteiger partial charge in [-0.25, -0.2) is 0 Å². The van der Waals surface area contributed by atoms with Crippen LogP contribution in [0.25, 0.3) is 0 Å². The maximum absolute atomic E-state index is 5.75. The molecule has 0 aliphatic heterocycles. The fourth-order valence-corrected chi connectivity index (χ4v) is 1.65. The Morgan fingerprint density at radius 1 is 1.20 bits per heavy atom. The molecule has 112 valence electrons. The lowest BCUT2D eigenvalue weighted by atomic mass is 10.2. The molecular weight excluding hydrogens is 254 g/mol. The van der Waals surface area contributed by atoms with Crippen LogP contribution in [0.3, 0.4) is 0 Å². The van der Waals surface area contributed by atoms with E-state index in [9.17, 15) is 0 Å². The zero-order valence-corrected chi connectivity index (χ0v) is 12.9. The van der Waals surface area contributed by atoms with Gasteiger partial charge in [0.05, 0.1) is 13.7 Å². The Labute approximate surface area is 121 Å². The van der Waals surface area contributed by atoms with Gasteiger partial charge in [-0.15, -0.1) is 0 Å². The maximum atomic E-state index is 5.75. The summed E-state index contributed by atoms with van der Waals surface area (Å²) in [7, 11) is 3.35. The van der Waals surface area contributed by atoms with Crippen LogP contribution >= 0.6 is 0 Å². The first-order valence-electron chi connectivity index (χ1n) is 6.80. The molecule has 1 aromatic carbocycles. The van der Waals surface area contributed by atoms with E-state index in [1.54, 1.807) is 14.2 Å².